The summed E-state index contributed by atoms with van der Waals surface area (Å²) in [5.74, 6) is 0. The predicted molar refractivity (Wildman–Crippen MR) is 177 cm³/mol. The number of benzene rings is 6. The Morgan fingerprint density at radius 1 is 0.375 bits per heavy atom. The largest absolute Gasteiger partial charge is 0.355 e. The van der Waals surface area contributed by atoms with E-state index >= 15 is 0 Å². The van der Waals surface area contributed by atoms with Gasteiger partial charge < -0.3 is 10.2 Å². The summed E-state index contributed by atoms with van der Waals surface area (Å²) in [7, 11) is 0. The van der Waals surface area contributed by atoms with Gasteiger partial charge in [-0.1, -0.05) is 66.7 Å². The maximum atomic E-state index is 3.65. The lowest BCUT2D eigenvalue weighted by Crippen LogP contribution is -2.09. The summed E-state index contributed by atoms with van der Waals surface area (Å²) in [6.45, 7) is 0. The summed E-state index contributed by atoms with van der Waals surface area (Å²) in [5, 5.41) is 8.88. The highest BCUT2D eigenvalue weighted by atomic mass is 32.1. The first kappa shape index (κ1) is 23.3. The summed E-state index contributed by atoms with van der Waals surface area (Å²) in [5.41, 5.74) is 5.67. The molecule has 190 valence electrons. The second kappa shape index (κ2) is 9.53. The molecule has 2 aromatic heterocycles. The summed E-state index contributed by atoms with van der Waals surface area (Å²) in [6.07, 6.45) is 0. The van der Waals surface area contributed by atoms with Crippen LogP contribution >= 0.6 is 22.7 Å². The van der Waals surface area contributed by atoms with Crippen molar-refractivity contribution >= 4 is 91.5 Å². The Hall–Kier alpha value is -4.64. The normalized spacial score (nSPS) is 11.5. The highest BCUT2D eigenvalue weighted by Crippen LogP contribution is 2.41. The van der Waals surface area contributed by atoms with E-state index in [0.717, 1.165) is 28.4 Å². The van der Waals surface area contributed by atoms with E-state index in [9.17, 15) is 0 Å². The van der Waals surface area contributed by atoms with Crippen molar-refractivity contribution in [1.82, 2.24) is 0 Å². The zero-order valence-corrected chi connectivity index (χ0v) is 23.2. The molecule has 8 rings (SSSR count). The van der Waals surface area contributed by atoms with Crippen molar-refractivity contribution in [3.8, 4) is 0 Å². The third-order valence-electron chi connectivity index (χ3n) is 7.41. The van der Waals surface area contributed by atoms with Crippen LogP contribution in [0.4, 0.5) is 28.4 Å². The molecule has 0 saturated heterocycles. The number of hydrogen-bond donors (Lipinski definition) is 1. The van der Waals surface area contributed by atoms with Gasteiger partial charge in [0, 0.05) is 68.8 Å². The van der Waals surface area contributed by atoms with Crippen molar-refractivity contribution in [1.29, 1.82) is 0 Å². The lowest BCUT2D eigenvalue weighted by molar-refractivity contribution is 1.29. The molecule has 6 aromatic carbocycles. The number of nitrogens with one attached hydrogen (secondary N) is 1. The van der Waals surface area contributed by atoms with Crippen LogP contribution < -0.4 is 10.2 Å². The molecule has 0 aliphatic carbocycles. The first-order valence-corrected chi connectivity index (χ1v) is 15.0. The molecule has 0 atom stereocenters. The van der Waals surface area contributed by atoms with Crippen molar-refractivity contribution < 1.29 is 0 Å². The molecular weight excluding hydrogens is 525 g/mol. The molecule has 2 heterocycles. The van der Waals surface area contributed by atoms with Crippen LogP contribution in [0.5, 0.6) is 0 Å². The van der Waals surface area contributed by atoms with Gasteiger partial charge in [0.2, 0.25) is 0 Å². The molecule has 8 aromatic rings. The van der Waals surface area contributed by atoms with Crippen LogP contribution in [-0.2, 0) is 0 Å². The highest BCUT2D eigenvalue weighted by molar-refractivity contribution is 7.26. The first-order chi connectivity index (χ1) is 19.8. The molecule has 40 heavy (non-hydrogen) atoms. The standard InChI is InChI=1S/C36H24N2S2/c1-3-9-26(10-4-1)38(27-11-5-2-6-12-27)28-17-20-34-32(23-28)31-19-16-25(22-36(31)40-34)37-24-15-18-30-29-13-7-8-14-33(29)39-35(30)21-24/h1-23,37H. The zero-order valence-electron chi connectivity index (χ0n) is 21.5. The fourth-order valence-electron chi connectivity index (χ4n) is 5.55. The number of rotatable bonds is 5. The van der Waals surface area contributed by atoms with E-state index in [1.807, 2.05) is 22.7 Å². The second-order valence-corrected chi connectivity index (χ2v) is 12.1. The van der Waals surface area contributed by atoms with Crippen molar-refractivity contribution in [2.75, 3.05) is 10.2 Å². The Bertz CT molecular complexity index is 2100. The molecule has 1 N–H and O–H groups in total. The van der Waals surface area contributed by atoms with Gasteiger partial charge in [0.15, 0.2) is 0 Å². The maximum Gasteiger partial charge on any atom is 0.0468 e. The molecule has 4 heteroatoms. The van der Waals surface area contributed by atoms with Gasteiger partial charge in [-0.15, -0.1) is 22.7 Å². The molecule has 0 aliphatic heterocycles. The van der Waals surface area contributed by atoms with Gasteiger partial charge in [-0.3, -0.25) is 0 Å². The summed E-state index contributed by atoms with van der Waals surface area (Å²) in [4.78, 5) is 2.32. The third kappa shape index (κ3) is 4.01. The molecule has 0 saturated carbocycles. The average molecular weight is 549 g/mol. The van der Waals surface area contributed by atoms with E-state index < -0.39 is 0 Å². The Labute approximate surface area is 240 Å². The molecular formula is C36H24N2S2. The minimum Gasteiger partial charge on any atom is -0.355 e. The topological polar surface area (TPSA) is 15.3 Å². The number of para-hydroxylation sites is 2. The minimum absolute atomic E-state index is 1.11. The molecule has 0 aliphatic rings. The van der Waals surface area contributed by atoms with Crippen molar-refractivity contribution in [2.45, 2.75) is 0 Å². The second-order valence-electron chi connectivity index (χ2n) is 9.93. The maximum absolute atomic E-state index is 3.65. The van der Waals surface area contributed by atoms with Crippen LogP contribution in [0.2, 0.25) is 0 Å². The van der Waals surface area contributed by atoms with Gasteiger partial charge in [0.25, 0.3) is 0 Å². The van der Waals surface area contributed by atoms with Crippen LogP contribution in [0.15, 0.2) is 140 Å². The van der Waals surface area contributed by atoms with Crippen LogP contribution in [0, 0.1) is 0 Å². The quantitative estimate of drug-likeness (QED) is 0.230. The van der Waals surface area contributed by atoms with Crippen molar-refractivity contribution in [2.24, 2.45) is 0 Å². The molecule has 0 spiro atoms. The van der Waals surface area contributed by atoms with Gasteiger partial charge >= 0.3 is 0 Å². The fourth-order valence-corrected chi connectivity index (χ4v) is 7.82. The molecule has 2 nitrogen and oxygen atoms in total. The number of nitrogens with zero attached hydrogens (tertiary/aromatic N) is 1. The van der Waals surface area contributed by atoms with E-state index in [1.165, 1.54) is 40.3 Å². The van der Waals surface area contributed by atoms with Gasteiger partial charge in [-0.25, -0.2) is 0 Å². The van der Waals surface area contributed by atoms with Crippen LogP contribution in [0.25, 0.3) is 40.3 Å². The van der Waals surface area contributed by atoms with Gasteiger partial charge in [-0.2, -0.15) is 0 Å². The Kier molecular flexibility index (Phi) is 5.54. The molecule has 0 bridgehead atoms. The lowest BCUT2D eigenvalue weighted by atomic mass is 10.1. The van der Waals surface area contributed by atoms with E-state index in [2.05, 4.69) is 150 Å². The Balaban J connectivity index is 1.17. The zero-order chi connectivity index (χ0) is 26.5. The lowest BCUT2D eigenvalue weighted by Gasteiger charge is -2.25. The smallest absolute Gasteiger partial charge is 0.0468 e. The van der Waals surface area contributed by atoms with E-state index in [-0.39, 0.29) is 0 Å². The summed E-state index contributed by atoms with van der Waals surface area (Å²) < 4.78 is 5.22. The fraction of sp³-hybridized carbons (Fsp3) is 0. The molecule has 0 unspecified atom stereocenters. The monoisotopic (exact) mass is 548 g/mol. The van der Waals surface area contributed by atoms with Gasteiger partial charge in [-0.05, 0) is 72.8 Å². The number of thiophene rings is 2. The number of anilines is 5. The summed E-state index contributed by atoms with van der Waals surface area (Å²) >= 11 is 3.70. The van der Waals surface area contributed by atoms with E-state index in [0.29, 0.717) is 0 Å². The molecule has 0 fully saturated rings. The van der Waals surface area contributed by atoms with Gasteiger partial charge in [0.05, 0.1) is 0 Å². The predicted octanol–water partition coefficient (Wildman–Crippen LogP) is 11.6. The van der Waals surface area contributed by atoms with Crippen LogP contribution in [0.1, 0.15) is 0 Å². The van der Waals surface area contributed by atoms with Crippen LogP contribution in [-0.4, -0.2) is 0 Å². The molecule has 0 amide bonds. The third-order valence-corrected chi connectivity index (χ3v) is 9.68. The highest BCUT2D eigenvalue weighted by Gasteiger charge is 2.14. The number of fused-ring (bicyclic) bond motifs is 6. The minimum atomic E-state index is 1.11. The van der Waals surface area contributed by atoms with Crippen molar-refractivity contribution in [3.63, 3.8) is 0 Å². The van der Waals surface area contributed by atoms with Crippen molar-refractivity contribution in [3.05, 3.63) is 140 Å². The van der Waals surface area contributed by atoms with Crippen LogP contribution in [0.3, 0.4) is 0 Å². The van der Waals surface area contributed by atoms with E-state index in [1.54, 1.807) is 0 Å². The Morgan fingerprint density at radius 3 is 1.55 bits per heavy atom. The Morgan fingerprint density at radius 2 is 0.900 bits per heavy atom. The van der Waals surface area contributed by atoms with E-state index in [4.69, 9.17) is 0 Å². The SMILES string of the molecule is c1ccc(N(c2ccccc2)c2ccc3sc4cc(Nc5ccc6c(c5)sc5ccccc56)ccc4c3c2)cc1. The van der Waals surface area contributed by atoms with Gasteiger partial charge in [0.1, 0.15) is 0 Å². The average Bonchev–Trinajstić information content (AvgIpc) is 3.55. The number of hydrogen-bond acceptors (Lipinski definition) is 4. The summed E-state index contributed by atoms with van der Waals surface area (Å²) in [6, 6.07) is 50.0. The molecule has 0 radical (unpaired) electrons. The first-order valence-electron chi connectivity index (χ1n) is 13.4.